The molecule has 2 N–H and O–H groups in total. The minimum Gasteiger partial charge on any atom is -0.398 e. The summed E-state index contributed by atoms with van der Waals surface area (Å²) >= 11 is 0. The van der Waals surface area contributed by atoms with Crippen LogP contribution in [0, 0.1) is 13.8 Å². The van der Waals surface area contributed by atoms with Crippen LogP contribution in [-0.2, 0) is 15.6 Å². The molecule has 0 atom stereocenters. The van der Waals surface area contributed by atoms with Gasteiger partial charge in [0.15, 0.2) is 9.84 Å². The van der Waals surface area contributed by atoms with Gasteiger partial charge in [0.2, 0.25) is 0 Å². The van der Waals surface area contributed by atoms with Crippen LogP contribution in [0.4, 0.5) is 5.69 Å². The largest absolute Gasteiger partial charge is 0.398 e. The summed E-state index contributed by atoms with van der Waals surface area (Å²) in [6, 6.07) is 12.5. The van der Waals surface area contributed by atoms with Crippen molar-refractivity contribution in [2.75, 3.05) is 5.73 Å². The number of nitrogens with two attached hydrogens (primary N) is 1. The van der Waals surface area contributed by atoms with Crippen molar-refractivity contribution in [3.63, 3.8) is 0 Å². The highest BCUT2D eigenvalue weighted by Crippen LogP contribution is 2.24. The fourth-order valence-electron chi connectivity index (χ4n) is 2.02. The number of nitrogen functional groups attached to an aromatic ring is 1. The van der Waals surface area contributed by atoms with Crippen LogP contribution in [0.5, 0.6) is 0 Å². The van der Waals surface area contributed by atoms with Crippen LogP contribution < -0.4 is 5.73 Å². The van der Waals surface area contributed by atoms with Gasteiger partial charge in [-0.1, -0.05) is 30.3 Å². The number of rotatable bonds is 3. The van der Waals surface area contributed by atoms with E-state index in [1.807, 2.05) is 31.2 Å². The summed E-state index contributed by atoms with van der Waals surface area (Å²) < 4.78 is 24.9. The maximum absolute atomic E-state index is 12.5. The van der Waals surface area contributed by atoms with Crippen molar-refractivity contribution in [1.82, 2.24) is 0 Å². The summed E-state index contributed by atoms with van der Waals surface area (Å²) in [5, 5.41) is 0. The number of sulfone groups is 1. The van der Waals surface area contributed by atoms with E-state index in [0.717, 1.165) is 11.1 Å². The lowest BCUT2D eigenvalue weighted by Crippen LogP contribution is -2.09. The Morgan fingerprint density at radius 2 is 1.68 bits per heavy atom. The third-order valence-corrected chi connectivity index (χ3v) is 5.07. The molecule has 19 heavy (non-hydrogen) atoms. The first-order valence-corrected chi connectivity index (χ1v) is 7.69. The van der Waals surface area contributed by atoms with E-state index < -0.39 is 9.84 Å². The molecular formula is C15H17NO2S. The Morgan fingerprint density at radius 3 is 2.37 bits per heavy atom. The SMILES string of the molecule is Cc1ccccc1CS(=O)(=O)c1cccc(N)c1C. The molecule has 0 radical (unpaired) electrons. The van der Waals surface area contributed by atoms with Crippen molar-refractivity contribution < 1.29 is 8.42 Å². The van der Waals surface area contributed by atoms with Gasteiger partial charge in [-0.25, -0.2) is 8.42 Å². The standard InChI is InChI=1S/C15H17NO2S/c1-11-6-3-4-7-13(11)10-19(17,18)15-9-5-8-14(16)12(15)2/h3-9H,10,16H2,1-2H3. The Bertz CT molecular complexity index is 706. The van der Waals surface area contributed by atoms with Crippen molar-refractivity contribution >= 4 is 15.5 Å². The number of hydrogen-bond acceptors (Lipinski definition) is 3. The summed E-state index contributed by atoms with van der Waals surface area (Å²) in [5.74, 6) is 0.00394. The van der Waals surface area contributed by atoms with Gasteiger partial charge in [0.1, 0.15) is 0 Å². The molecule has 0 saturated carbocycles. The van der Waals surface area contributed by atoms with Crippen molar-refractivity contribution in [2.45, 2.75) is 24.5 Å². The molecule has 2 aromatic rings. The highest BCUT2D eigenvalue weighted by atomic mass is 32.2. The first-order chi connectivity index (χ1) is 8.92. The van der Waals surface area contributed by atoms with E-state index in [-0.39, 0.29) is 5.75 Å². The van der Waals surface area contributed by atoms with Crippen molar-refractivity contribution in [3.8, 4) is 0 Å². The molecule has 0 heterocycles. The Labute approximate surface area is 114 Å². The number of anilines is 1. The van der Waals surface area contributed by atoms with Crippen LogP contribution >= 0.6 is 0 Å². The normalized spacial score (nSPS) is 11.5. The summed E-state index contributed by atoms with van der Waals surface area (Å²) in [7, 11) is -3.37. The van der Waals surface area contributed by atoms with Crippen molar-refractivity contribution in [2.24, 2.45) is 0 Å². The molecule has 0 aromatic heterocycles. The van der Waals surface area contributed by atoms with E-state index in [0.29, 0.717) is 16.1 Å². The van der Waals surface area contributed by atoms with E-state index in [2.05, 4.69) is 0 Å². The maximum atomic E-state index is 12.5. The van der Waals surface area contributed by atoms with Crippen LogP contribution in [0.1, 0.15) is 16.7 Å². The van der Waals surface area contributed by atoms with Gasteiger partial charge in [0, 0.05) is 5.69 Å². The average molecular weight is 275 g/mol. The molecule has 0 aliphatic rings. The molecule has 2 rings (SSSR count). The van der Waals surface area contributed by atoms with Gasteiger partial charge in [-0.15, -0.1) is 0 Å². The molecule has 3 nitrogen and oxygen atoms in total. The molecule has 0 fully saturated rings. The highest BCUT2D eigenvalue weighted by Gasteiger charge is 2.19. The predicted octanol–water partition coefficient (Wildman–Crippen LogP) is 2.86. The lowest BCUT2D eigenvalue weighted by Gasteiger charge is -2.11. The van der Waals surface area contributed by atoms with Crippen LogP contribution in [0.25, 0.3) is 0 Å². The molecule has 100 valence electrons. The molecule has 2 aromatic carbocycles. The molecule has 0 amide bonds. The average Bonchev–Trinajstić information content (AvgIpc) is 2.35. The minimum atomic E-state index is -3.37. The lowest BCUT2D eigenvalue weighted by molar-refractivity contribution is 0.594. The van der Waals surface area contributed by atoms with E-state index in [4.69, 9.17) is 5.73 Å². The molecule has 4 heteroatoms. The summed E-state index contributed by atoms with van der Waals surface area (Å²) in [6.45, 7) is 3.65. The number of aryl methyl sites for hydroxylation is 1. The summed E-state index contributed by atoms with van der Waals surface area (Å²) in [4.78, 5) is 0.316. The van der Waals surface area contributed by atoms with Gasteiger partial charge < -0.3 is 5.73 Å². The first kappa shape index (κ1) is 13.6. The van der Waals surface area contributed by atoms with E-state index in [1.54, 1.807) is 25.1 Å². The molecule has 0 aliphatic heterocycles. The summed E-state index contributed by atoms with van der Waals surface area (Å²) in [6.07, 6.45) is 0. The molecule has 0 bridgehead atoms. The minimum absolute atomic E-state index is 0.00394. The van der Waals surface area contributed by atoms with Crippen LogP contribution in [0.15, 0.2) is 47.4 Å². The Balaban J connectivity index is 2.44. The van der Waals surface area contributed by atoms with Crippen molar-refractivity contribution in [1.29, 1.82) is 0 Å². The topological polar surface area (TPSA) is 60.2 Å². The predicted molar refractivity (Wildman–Crippen MR) is 77.7 cm³/mol. The smallest absolute Gasteiger partial charge is 0.182 e. The fraction of sp³-hybridized carbons (Fsp3) is 0.200. The third-order valence-electron chi connectivity index (χ3n) is 3.27. The zero-order valence-electron chi connectivity index (χ0n) is 11.1. The second kappa shape index (κ2) is 5.05. The van der Waals surface area contributed by atoms with Gasteiger partial charge in [-0.3, -0.25) is 0 Å². The number of benzene rings is 2. The zero-order valence-corrected chi connectivity index (χ0v) is 11.9. The van der Waals surface area contributed by atoms with E-state index in [9.17, 15) is 8.42 Å². The van der Waals surface area contributed by atoms with Crippen LogP contribution in [-0.4, -0.2) is 8.42 Å². The Hall–Kier alpha value is -1.81. The number of hydrogen-bond donors (Lipinski definition) is 1. The lowest BCUT2D eigenvalue weighted by atomic mass is 10.1. The van der Waals surface area contributed by atoms with Crippen LogP contribution in [0.2, 0.25) is 0 Å². The molecule has 0 saturated heterocycles. The van der Waals surface area contributed by atoms with Crippen molar-refractivity contribution in [3.05, 3.63) is 59.2 Å². The molecule has 0 unspecified atom stereocenters. The third kappa shape index (κ3) is 2.79. The summed E-state index contributed by atoms with van der Waals surface area (Å²) in [5.41, 5.74) is 8.71. The molecule has 0 aliphatic carbocycles. The Morgan fingerprint density at radius 1 is 1.00 bits per heavy atom. The fourth-order valence-corrected chi connectivity index (χ4v) is 3.78. The quantitative estimate of drug-likeness (QED) is 0.876. The highest BCUT2D eigenvalue weighted by molar-refractivity contribution is 7.90. The van der Waals surface area contributed by atoms with Gasteiger partial charge in [0.25, 0.3) is 0 Å². The second-order valence-electron chi connectivity index (χ2n) is 4.66. The molecular weight excluding hydrogens is 258 g/mol. The van der Waals surface area contributed by atoms with Gasteiger partial charge in [-0.2, -0.15) is 0 Å². The first-order valence-electron chi connectivity index (χ1n) is 6.04. The van der Waals surface area contributed by atoms with Gasteiger partial charge in [0.05, 0.1) is 10.6 Å². The van der Waals surface area contributed by atoms with E-state index >= 15 is 0 Å². The maximum Gasteiger partial charge on any atom is 0.182 e. The van der Waals surface area contributed by atoms with Gasteiger partial charge in [-0.05, 0) is 42.7 Å². The zero-order chi connectivity index (χ0) is 14.0. The second-order valence-corrected chi connectivity index (χ2v) is 6.61. The van der Waals surface area contributed by atoms with E-state index in [1.165, 1.54) is 0 Å². The monoisotopic (exact) mass is 275 g/mol. The van der Waals surface area contributed by atoms with Gasteiger partial charge >= 0.3 is 0 Å². The van der Waals surface area contributed by atoms with Crippen LogP contribution in [0.3, 0.4) is 0 Å². The Kier molecular flexibility index (Phi) is 3.62. The molecule has 0 spiro atoms.